The first-order valence-electron chi connectivity index (χ1n) is 7.60. The first-order valence-corrected chi connectivity index (χ1v) is 7.60. The van der Waals surface area contributed by atoms with Gasteiger partial charge in [-0.05, 0) is 13.1 Å². The van der Waals surface area contributed by atoms with Gasteiger partial charge in [0.05, 0.1) is 5.92 Å². The molecule has 1 amide bonds. The van der Waals surface area contributed by atoms with E-state index < -0.39 is 0 Å². The fourth-order valence-electron chi connectivity index (χ4n) is 2.67. The third-order valence-electron chi connectivity index (χ3n) is 4.28. The van der Waals surface area contributed by atoms with Crippen molar-refractivity contribution in [2.45, 2.75) is 6.54 Å². The molecule has 0 atom stereocenters. The van der Waals surface area contributed by atoms with Crippen LogP contribution >= 0.6 is 12.4 Å². The summed E-state index contributed by atoms with van der Waals surface area (Å²) >= 11 is 0. The van der Waals surface area contributed by atoms with Crippen molar-refractivity contribution in [1.29, 1.82) is 0 Å². The lowest BCUT2D eigenvalue weighted by Crippen LogP contribution is -2.50. The lowest BCUT2D eigenvalue weighted by atomic mass is 10.0. The zero-order chi connectivity index (χ0) is 14.7. The minimum atomic E-state index is 0. The van der Waals surface area contributed by atoms with Gasteiger partial charge in [-0.3, -0.25) is 4.79 Å². The van der Waals surface area contributed by atoms with Crippen LogP contribution in [0, 0.1) is 5.92 Å². The number of pyridine rings is 1. The number of hydrogen-bond donors (Lipinski definition) is 2. The van der Waals surface area contributed by atoms with Gasteiger partial charge in [-0.2, -0.15) is 0 Å². The number of aromatic nitrogens is 1. The van der Waals surface area contributed by atoms with Crippen LogP contribution in [0.4, 0.5) is 5.82 Å². The molecule has 3 rings (SSSR count). The number of halogens is 1. The van der Waals surface area contributed by atoms with Gasteiger partial charge < -0.3 is 20.4 Å². The van der Waals surface area contributed by atoms with Crippen molar-refractivity contribution >= 4 is 24.1 Å². The third kappa shape index (κ3) is 3.88. The second kappa shape index (κ2) is 7.76. The monoisotopic (exact) mass is 325 g/mol. The fourth-order valence-corrected chi connectivity index (χ4v) is 2.67. The van der Waals surface area contributed by atoms with Gasteiger partial charge in [0, 0.05) is 57.6 Å². The van der Waals surface area contributed by atoms with Gasteiger partial charge in [0.15, 0.2) is 0 Å². The average molecular weight is 326 g/mol. The molecule has 0 radical (unpaired) electrons. The molecule has 122 valence electrons. The van der Waals surface area contributed by atoms with E-state index in [1.54, 1.807) is 0 Å². The van der Waals surface area contributed by atoms with Crippen molar-refractivity contribution in [2.75, 3.05) is 51.2 Å². The standard InChI is InChI=1S/C15H23N5O.ClH/c1-19-5-7-20(8-6-19)14-12(3-2-4-17-14)11-18-15(21)13-9-16-10-13;/h2-4,13,16H,5-11H2,1H3,(H,18,21);1H. The summed E-state index contributed by atoms with van der Waals surface area (Å²) < 4.78 is 0. The quantitative estimate of drug-likeness (QED) is 0.821. The molecule has 22 heavy (non-hydrogen) atoms. The molecule has 2 saturated heterocycles. The van der Waals surface area contributed by atoms with Crippen LogP contribution in [0.15, 0.2) is 18.3 Å². The van der Waals surface area contributed by atoms with E-state index in [1.165, 1.54) is 0 Å². The van der Waals surface area contributed by atoms with Gasteiger partial charge in [-0.1, -0.05) is 6.07 Å². The number of hydrogen-bond acceptors (Lipinski definition) is 5. The summed E-state index contributed by atoms with van der Waals surface area (Å²) in [6.45, 7) is 6.23. The maximum absolute atomic E-state index is 11.9. The minimum Gasteiger partial charge on any atom is -0.354 e. The van der Waals surface area contributed by atoms with Crippen LogP contribution in [0.2, 0.25) is 0 Å². The molecule has 3 heterocycles. The Labute approximate surface area is 137 Å². The van der Waals surface area contributed by atoms with Gasteiger partial charge >= 0.3 is 0 Å². The van der Waals surface area contributed by atoms with Crippen LogP contribution in [0.25, 0.3) is 0 Å². The Morgan fingerprint density at radius 2 is 2.09 bits per heavy atom. The number of amides is 1. The first kappa shape index (κ1) is 17.0. The normalized spacial score (nSPS) is 19.2. The molecule has 2 fully saturated rings. The molecule has 0 unspecified atom stereocenters. The smallest absolute Gasteiger partial charge is 0.225 e. The Kier molecular flexibility index (Phi) is 5.99. The number of nitrogens with zero attached hydrogens (tertiary/aromatic N) is 3. The molecule has 6 nitrogen and oxygen atoms in total. The molecule has 2 aliphatic heterocycles. The van der Waals surface area contributed by atoms with Gasteiger partial charge in [0.2, 0.25) is 5.91 Å². The lowest BCUT2D eigenvalue weighted by Gasteiger charge is -2.34. The summed E-state index contributed by atoms with van der Waals surface area (Å²) in [5, 5.41) is 6.15. The highest BCUT2D eigenvalue weighted by molar-refractivity contribution is 5.85. The van der Waals surface area contributed by atoms with Crippen LogP contribution < -0.4 is 15.5 Å². The van der Waals surface area contributed by atoms with E-state index in [2.05, 4.69) is 38.5 Å². The molecule has 2 aliphatic rings. The largest absolute Gasteiger partial charge is 0.354 e. The highest BCUT2D eigenvalue weighted by atomic mass is 35.5. The molecule has 0 spiro atoms. The van der Waals surface area contributed by atoms with Crippen molar-refractivity contribution in [3.05, 3.63) is 23.9 Å². The van der Waals surface area contributed by atoms with E-state index in [4.69, 9.17) is 0 Å². The molecule has 0 bridgehead atoms. The molecule has 7 heteroatoms. The summed E-state index contributed by atoms with van der Waals surface area (Å²) in [6, 6.07) is 3.99. The van der Waals surface area contributed by atoms with Gasteiger partial charge in [-0.15, -0.1) is 12.4 Å². The molecule has 1 aromatic rings. The predicted molar refractivity (Wildman–Crippen MR) is 89.4 cm³/mol. The molecular formula is C15H24ClN5O. The summed E-state index contributed by atoms with van der Waals surface area (Å²) in [6.07, 6.45) is 1.83. The predicted octanol–water partition coefficient (Wildman–Crippen LogP) is 0.0908. The Bertz CT molecular complexity index is 500. The SMILES string of the molecule is CN1CCN(c2ncccc2CNC(=O)C2CNC2)CC1.Cl. The molecule has 0 aromatic carbocycles. The van der Waals surface area contributed by atoms with Gasteiger partial charge in [0.25, 0.3) is 0 Å². The summed E-state index contributed by atoms with van der Waals surface area (Å²) in [7, 11) is 2.14. The highest BCUT2D eigenvalue weighted by Gasteiger charge is 2.25. The van der Waals surface area contributed by atoms with Gasteiger partial charge in [0.1, 0.15) is 5.82 Å². The number of piperazine rings is 1. The Hall–Kier alpha value is -1.37. The molecule has 1 aromatic heterocycles. The summed E-state index contributed by atoms with van der Waals surface area (Å²) in [5.74, 6) is 1.29. The number of anilines is 1. The second-order valence-electron chi connectivity index (χ2n) is 5.85. The topological polar surface area (TPSA) is 60.5 Å². The molecule has 2 N–H and O–H groups in total. The van der Waals surface area contributed by atoms with Crippen molar-refractivity contribution in [2.24, 2.45) is 5.92 Å². The highest BCUT2D eigenvalue weighted by Crippen LogP contribution is 2.18. The Morgan fingerprint density at radius 1 is 1.36 bits per heavy atom. The Morgan fingerprint density at radius 3 is 2.73 bits per heavy atom. The molecular weight excluding hydrogens is 302 g/mol. The van der Waals surface area contributed by atoms with Crippen LogP contribution in [0.1, 0.15) is 5.56 Å². The van der Waals surface area contributed by atoms with Crippen molar-refractivity contribution < 1.29 is 4.79 Å². The zero-order valence-corrected chi connectivity index (χ0v) is 13.7. The molecule has 0 aliphatic carbocycles. The summed E-state index contributed by atoms with van der Waals surface area (Å²) in [4.78, 5) is 21.1. The van der Waals surface area contributed by atoms with Crippen molar-refractivity contribution in [3.63, 3.8) is 0 Å². The number of likely N-dealkylation sites (N-methyl/N-ethyl adjacent to an activating group) is 1. The van der Waals surface area contributed by atoms with Crippen LogP contribution in [-0.4, -0.2) is 62.1 Å². The lowest BCUT2D eigenvalue weighted by molar-refractivity contribution is -0.126. The van der Waals surface area contributed by atoms with Crippen molar-refractivity contribution in [1.82, 2.24) is 20.5 Å². The number of nitrogens with one attached hydrogen (secondary N) is 2. The third-order valence-corrected chi connectivity index (χ3v) is 4.28. The molecule has 0 saturated carbocycles. The van der Waals surface area contributed by atoms with Crippen LogP contribution in [-0.2, 0) is 11.3 Å². The van der Waals surface area contributed by atoms with E-state index >= 15 is 0 Å². The first-order chi connectivity index (χ1) is 10.2. The van der Waals surface area contributed by atoms with Crippen LogP contribution in [0.5, 0.6) is 0 Å². The fraction of sp³-hybridized carbons (Fsp3) is 0.600. The maximum Gasteiger partial charge on any atom is 0.225 e. The number of rotatable bonds is 4. The Balaban J connectivity index is 0.00000176. The van der Waals surface area contributed by atoms with E-state index in [1.807, 2.05) is 12.3 Å². The van der Waals surface area contributed by atoms with E-state index in [9.17, 15) is 4.79 Å². The van der Waals surface area contributed by atoms with Crippen molar-refractivity contribution in [3.8, 4) is 0 Å². The minimum absolute atomic E-state index is 0. The zero-order valence-electron chi connectivity index (χ0n) is 12.9. The number of carbonyl (C=O) groups is 1. The second-order valence-corrected chi connectivity index (χ2v) is 5.85. The maximum atomic E-state index is 11.9. The summed E-state index contributed by atoms with van der Waals surface area (Å²) in [5.41, 5.74) is 1.10. The average Bonchev–Trinajstić information content (AvgIpc) is 2.44. The number of carbonyl (C=O) groups excluding carboxylic acids is 1. The van der Waals surface area contributed by atoms with Crippen LogP contribution in [0.3, 0.4) is 0 Å². The van der Waals surface area contributed by atoms with E-state index in [0.29, 0.717) is 6.54 Å². The van der Waals surface area contributed by atoms with E-state index in [0.717, 1.165) is 50.6 Å². The van der Waals surface area contributed by atoms with E-state index in [-0.39, 0.29) is 24.2 Å². The van der Waals surface area contributed by atoms with Gasteiger partial charge in [-0.25, -0.2) is 4.98 Å².